The highest BCUT2D eigenvalue weighted by Gasteiger charge is 2.06. The van der Waals surface area contributed by atoms with E-state index in [9.17, 15) is 0 Å². The Hall–Kier alpha value is -1.66. The number of rotatable bonds is 3. The standard InChI is InChI=1S/C15H11Br2N3O/c1-21-14-3-2-10(7-11(14)17)20-12-4-5-18-13-6-9(16)8-19-15(12)13/h2-8H,1H3,(H,18,20). The van der Waals surface area contributed by atoms with Crippen molar-refractivity contribution in [1.82, 2.24) is 9.97 Å². The van der Waals surface area contributed by atoms with E-state index in [1.165, 1.54) is 0 Å². The molecule has 0 saturated carbocycles. The van der Waals surface area contributed by atoms with Crippen molar-refractivity contribution in [2.45, 2.75) is 0 Å². The molecule has 21 heavy (non-hydrogen) atoms. The number of pyridine rings is 2. The number of halogens is 2. The molecular formula is C15H11Br2N3O. The lowest BCUT2D eigenvalue weighted by Gasteiger charge is -2.10. The van der Waals surface area contributed by atoms with Gasteiger partial charge in [-0.15, -0.1) is 0 Å². The zero-order valence-electron chi connectivity index (χ0n) is 11.1. The van der Waals surface area contributed by atoms with E-state index < -0.39 is 0 Å². The molecule has 0 spiro atoms. The second-order valence-corrected chi connectivity index (χ2v) is 6.12. The van der Waals surface area contributed by atoms with Crippen molar-refractivity contribution >= 4 is 54.3 Å². The average molecular weight is 409 g/mol. The van der Waals surface area contributed by atoms with E-state index in [1.807, 2.05) is 30.3 Å². The third-order valence-electron chi connectivity index (χ3n) is 2.97. The van der Waals surface area contributed by atoms with Gasteiger partial charge in [-0.1, -0.05) is 0 Å². The number of anilines is 2. The van der Waals surface area contributed by atoms with E-state index in [2.05, 4.69) is 47.1 Å². The van der Waals surface area contributed by atoms with Gasteiger partial charge < -0.3 is 10.1 Å². The molecule has 0 unspecified atom stereocenters. The van der Waals surface area contributed by atoms with Crippen LogP contribution in [0.25, 0.3) is 11.0 Å². The van der Waals surface area contributed by atoms with E-state index in [1.54, 1.807) is 19.5 Å². The number of hydrogen-bond donors (Lipinski definition) is 1. The van der Waals surface area contributed by atoms with Crippen molar-refractivity contribution < 1.29 is 4.74 Å². The minimum Gasteiger partial charge on any atom is -0.496 e. The minimum absolute atomic E-state index is 0.794. The summed E-state index contributed by atoms with van der Waals surface area (Å²) in [5.74, 6) is 0.794. The van der Waals surface area contributed by atoms with Crippen LogP contribution >= 0.6 is 31.9 Å². The summed E-state index contributed by atoms with van der Waals surface area (Å²) in [4.78, 5) is 8.75. The summed E-state index contributed by atoms with van der Waals surface area (Å²) >= 11 is 6.89. The zero-order chi connectivity index (χ0) is 14.8. The quantitative estimate of drug-likeness (QED) is 0.668. The van der Waals surface area contributed by atoms with Crippen LogP contribution in [0.5, 0.6) is 5.75 Å². The zero-order valence-corrected chi connectivity index (χ0v) is 14.3. The highest BCUT2D eigenvalue weighted by molar-refractivity contribution is 9.10. The summed E-state index contributed by atoms with van der Waals surface area (Å²) in [6.45, 7) is 0. The topological polar surface area (TPSA) is 47.0 Å². The number of nitrogens with zero attached hydrogens (tertiary/aromatic N) is 2. The fourth-order valence-electron chi connectivity index (χ4n) is 2.01. The van der Waals surface area contributed by atoms with Gasteiger partial charge in [-0.25, -0.2) is 0 Å². The van der Waals surface area contributed by atoms with Crippen molar-refractivity contribution in [3.05, 3.63) is 51.7 Å². The van der Waals surface area contributed by atoms with Crippen LogP contribution < -0.4 is 10.1 Å². The molecule has 3 aromatic rings. The monoisotopic (exact) mass is 407 g/mol. The first-order valence-corrected chi connectivity index (χ1v) is 7.77. The van der Waals surface area contributed by atoms with Gasteiger partial charge >= 0.3 is 0 Å². The number of benzene rings is 1. The number of fused-ring (bicyclic) bond motifs is 1. The fraction of sp³-hybridized carbons (Fsp3) is 0.0667. The van der Waals surface area contributed by atoms with Gasteiger partial charge in [-0.05, 0) is 62.2 Å². The van der Waals surface area contributed by atoms with Gasteiger partial charge in [-0.2, -0.15) is 0 Å². The number of hydrogen-bond acceptors (Lipinski definition) is 4. The lowest BCUT2D eigenvalue weighted by atomic mass is 10.2. The lowest BCUT2D eigenvalue weighted by molar-refractivity contribution is 0.412. The minimum atomic E-state index is 0.794. The Balaban J connectivity index is 2.00. The van der Waals surface area contributed by atoms with Crippen molar-refractivity contribution in [2.75, 3.05) is 12.4 Å². The van der Waals surface area contributed by atoms with Gasteiger partial charge in [0.05, 0.1) is 22.8 Å². The average Bonchev–Trinajstić information content (AvgIpc) is 2.47. The molecule has 0 fully saturated rings. The molecule has 2 heterocycles. The molecule has 106 valence electrons. The highest BCUT2D eigenvalue weighted by atomic mass is 79.9. The first kappa shape index (κ1) is 14.3. The van der Waals surface area contributed by atoms with E-state index in [-0.39, 0.29) is 0 Å². The van der Waals surface area contributed by atoms with Crippen molar-refractivity contribution in [2.24, 2.45) is 0 Å². The van der Waals surface area contributed by atoms with Crippen molar-refractivity contribution in [3.63, 3.8) is 0 Å². The summed E-state index contributed by atoms with van der Waals surface area (Å²) < 4.78 is 7.03. The second-order valence-electron chi connectivity index (χ2n) is 4.35. The molecule has 0 aliphatic rings. The SMILES string of the molecule is COc1ccc(Nc2ccnc3cc(Br)cnc23)cc1Br. The third-order valence-corrected chi connectivity index (χ3v) is 4.03. The van der Waals surface area contributed by atoms with E-state index in [0.717, 1.165) is 37.1 Å². The Labute approximate surface area is 138 Å². The van der Waals surface area contributed by atoms with Crippen LogP contribution in [-0.4, -0.2) is 17.1 Å². The molecule has 2 aromatic heterocycles. The Morgan fingerprint density at radius 2 is 1.95 bits per heavy atom. The van der Waals surface area contributed by atoms with Gasteiger partial charge in [-0.3, -0.25) is 9.97 Å². The molecule has 1 aromatic carbocycles. The molecule has 0 saturated heterocycles. The maximum atomic E-state index is 5.23. The van der Waals surface area contributed by atoms with Gasteiger partial charge in [0.25, 0.3) is 0 Å². The molecule has 0 atom stereocenters. The van der Waals surface area contributed by atoms with Gasteiger partial charge in [0.15, 0.2) is 0 Å². The summed E-state index contributed by atoms with van der Waals surface area (Å²) in [6, 6.07) is 9.66. The fourth-order valence-corrected chi connectivity index (χ4v) is 2.87. The van der Waals surface area contributed by atoms with Crippen LogP contribution in [0.2, 0.25) is 0 Å². The van der Waals surface area contributed by atoms with E-state index in [4.69, 9.17) is 4.74 Å². The molecule has 0 aliphatic heterocycles. The Morgan fingerprint density at radius 3 is 2.71 bits per heavy atom. The second kappa shape index (κ2) is 5.99. The van der Waals surface area contributed by atoms with Crippen LogP contribution in [-0.2, 0) is 0 Å². The first-order valence-electron chi connectivity index (χ1n) is 6.18. The number of aromatic nitrogens is 2. The molecule has 1 N–H and O–H groups in total. The molecular weight excluding hydrogens is 398 g/mol. The molecule has 4 nitrogen and oxygen atoms in total. The smallest absolute Gasteiger partial charge is 0.133 e. The van der Waals surface area contributed by atoms with Gasteiger partial charge in [0, 0.05) is 22.6 Å². The molecule has 0 radical (unpaired) electrons. The van der Waals surface area contributed by atoms with Gasteiger partial charge in [0.2, 0.25) is 0 Å². The molecule has 3 rings (SSSR count). The summed E-state index contributed by atoms with van der Waals surface area (Å²) in [6.07, 6.45) is 3.52. The molecule has 0 aliphatic carbocycles. The maximum absolute atomic E-state index is 5.23. The normalized spacial score (nSPS) is 10.6. The van der Waals surface area contributed by atoms with Crippen LogP contribution in [0.15, 0.2) is 51.7 Å². The molecule has 6 heteroatoms. The highest BCUT2D eigenvalue weighted by Crippen LogP contribution is 2.30. The predicted molar refractivity (Wildman–Crippen MR) is 91.2 cm³/mol. The van der Waals surface area contributed by atoms with Crippen LogP contribution in [0, 0.1) is 0 Å². The molecule has 0 bridgehead atoms. The van der Waals surface area contributed by atoms with E-state index >= 15 is 0 Å². The van der Waals surface area contributed by atoms with Gasteiger partial charge in [0.1, 0.15) is 11.3 Å². The maximum Gasteiger partial charge on any atom is 0.133 e. The summed E-state index contributed by atoms with van der Waals surface area (Å²) in [7, 11) is 1.64. The summed E-state index contributed by atoms with van der Waals surface area (Å²) in [5.41, 5.74) is 3.51. The van der Waals surface area contributed by atoms with Crippen LogP contribution in [0.3, 0.4) is 0 Å². The van der Waals surface area contributed by atoms with E-state index in [0.29, 0.717) is 0 Å². The third kappa shape index (κ3) is 3.01. The van der Waals surface area contributed by atoms with Crippen molar-refractivity contribution in [1.29, 1.82) is 0 Å². The van der Waals surface area contributed by atoms with Crippen LogP contribution in [0.4, 0.5) is 11.4 Å². The lowest BCUT2D eigenvalue weighted by Crippen LogP contribution is -1.95. The first-order chi connectivity index (χ1) is 10.2. The number of nitrogens with one attached hydrogen (secondary N) is 1. The van der Waals surface area contributed by atoms with Crippen LogP contribution in [0.1, 0.15) is 0 Å². The predicted octanol–water partition coefficient (Wildman–Crippen LogP) is 4.91. The van der Waals surface area contributed by atoms with Crippen molar-refractivity contribution in [3.8, 4) is 5.75 Å². The molecule has 0 amide bonds. The Bertz CT molecular complexity index is 808. The number of methoxy groups -OCH3 is 1. The Morgan fingerprint density at radius 1 is 1.10 bits per heavy atom. The summed E-state index contributed by atoms with van der Waals surface area (Å²) in [5, 5.41) is 3.36. The Kier molecular flexibility index (Phi) is 4.07. The largest absolute Gasteiger partial charge is 0.496 e. The number of ether oxygens (including phenoxy) is 1.